The molecule has 1 amide bonds. The molecular weight excluding hydrogens is 332 g/mol. The van der Waals surface area contributed by atoms with E-state index < -0.39 is 11.6 Å². The van der Waals surface area contributed by atoms with Crippen LogP contribution in [0.3, 0.4) is 0 Å². The number of hydrogen-bond donors (Lipinski definition) is 2. The van der Waals surface area contributed by atoms with Crippen molar-refractivity contribution >= 4 is 11.6 Å². The van der Waals surface area contributed by atoms with Gasteiger partial charge in [-0.15, -0.1) is 5.10 Å². The van der Waals surface area contributed by atoms with Crippen LogP contribution in [0.4, 0.5) is 4.79 Å². The summed E-state index contributed by atoms with van der Waals surface area (Å²) in [6.07, 6.45) is 0.838. The summed E-state index contributed by atoms with van der Waals surface area (Å²) in [6.45, 7) is 5.68. The van der Waals surface area contributed by atoms with Gasteiger partial charge in [0.15, 0.2) is 5.82 Å². The molecule has 7 nitrogen and oxygen atoms in total. The quantitative estimate of drug-likeness (QED) is 0.751. The molecule has 26 heavy (non-hydrogen) atoms. The molecular formula is C19H22N4O3. The van der Waals surface area contributed by atoms with Crippen molar-refractivity contribution in [3.63, 3.8) is 0 Å². The van der Waals surface area contributed by atoms with Crippen LogP contribution in [-0.2, 0) is 13.2 Å². The smallest absolute Gasteiger partial charge is 0.408 e. The summed E-state index contributed by atoms with van der Waals surface area (Å²) in [7, 11) is 0. The Morgan fingerprint density at radius 2 is 2.00 bits per heavy atom. The molecule has 3 rings (SSSR count). The van der Waals surface area contributed by atoms with E-state index in [1.165, 1.54) is 4.90 Å². The molecule has 0 aliphatic rings. The Balaban J connectivity index is 1.98. The van der Waals surface area contributed by atoms with Crippen LogP contribution < -0.4 is 0 Å². The van der Waals surface area contributed by atoms with Crippen molar-refractivity contribution in [3.05, 3.63) is 53.9 Å². The Bertz CT molecular complexity index is 943. The second kappa shape index (κ2) is 6.76. The van der Waals surface area contributed by atoms with Crippen LogP contribution in [0, 0.1) is 0 Å². The van der Waals surface area contributed by atoms with Crippen LogP contribution >= 0.6 is 0 Å². The molecule has 0 saturated carbocycles. The minimum atomic E-state index is -0.963. The first-order chi connectivity index (χ1) is 12.3. The highest BCUT2D eigenvalue weighted by molar-refractivity contribution is 5.66. The van der Waals surface area contributed by atoms with Crippen LogP contribution in [-0.4, -0.2) is 41.3 Å². The van der Waals surface area contributed by atoms with Gasteiger partial charge in [0.2, 0.25) is 0 Å². The Labute approximate surface area is 151 Å². The minimum Gasteiger partial charge on any atom is -0.465 e. The van der Waals surface area contributed by atoms with Gasteiger partial charge in [0.05, 0.1) is 17.8 Å². The lowest BCUT2D eigenvalue weighted by molar-refractivity contribution is 0.0955. The maximum absolute atomic E-state index is 11.6. The van der Waals surface area contributed by atoms with Crippen molar-refractivity contribution in [1.29, 1.82) is 0 Å². The van der Waals surface area contributed by atoms with Crippen LogP contribution in [0.2, 0.25) is 0 Å². The number of nitrogens with zero attached hydrogens (tertiary/aromatic N) is 4. The lowest BCUT2D eigenvalue weighted by Crippen LogP contribution is -2.44. The predicted octanol–water partition coefficient (Wildman–Crippen LogP) is 3.17. The summed E-state index contributed by atoms with van der Waals surface area (Å²) in [6, 6.07) is 11.2. The Kier molecular flexibility index (Phi) is 4.65. The van der Waals surface area contributed by atoms with Crippen LogP contribution in [0.5, 0.6) is 0 Å². The van der Waals surface area contributed by atoms with Crippen LogP contribution in [0.1, 0.15) is 32.0 Å². The van der Waals surface area contributed by atoms with Gasteiger partial charge in [0, 0.05) is 23.8 Å². The average molecular weight is 354 g/mol. The first-order valence-corrected chi connectivity index (χ1v) is 8.34. The standard InChI is InChI=1S/C19H22N4O3/c1-19(2,3)22(18(25)26)11-13-6-4-7-14(10-13)17-20-15(12-24)16-8-5-9-23(16)21-17/h4-10,24H,11-12H2,1-3H3,(H,25,26). The number of fused-ring (bicyclic) bond motifs is 1. The molecule has 2 heterocycles. The van der Waals surface area contributed by atoms with E-state index in [0.717, 1.165) is 16.6 Å². The van der Waals surface area contributed by atoms with E-state index in [-0.39, 0.29) is 13.2 Å². The molecule has 0 unspecified atom stereocenters. The van der Waals surface area contributed by atoms with Gasteiger partial charge in [-0.3, -0.25) is 4.90 Å². The monoisotopic (exact) mass is 354 g/mol. The SMILES string of the molecule is CC(C)(C)N(Cc1cccc(-c2nc(CO)c3cccn3n2)c1)C(=O)O. The van der Waals surface area contributed by atoms with E-state index in [1.807, 2.05) is 57.2 Å². The van der Waals surface area contributed by atoms with Gasteiger partial charge in [-0.05, 0) is 44.5 Å². The van der Waals surface area contributed by atoms with Crippen molar-refractivity contribution in [3.8, 4) is 11.4 Å². The van der Waals surface area contributed by atoms with E-state index in [0.29, 0.717) is 11.5 Å². The molecule has 2 aromatic heterocycles. The first-order valence-electron chi connectivity index (χ1n) is 8.34. The number of amides is 1. The fraction of sp³-hybridized carbons (Fsp3) is 0.316. The molecule has 0 aliphatic carbocycles. The molecule has 0 spiro atoms. The topological polar surface area (TPSA) is 91.0 Å². The van der Waals surface area contributed by atoms with Gasteiger partial charge in [-0.1, -0.05) is 18.2 Å². The van der Waals surface area contributed by atoms with Crippen LogP contribution in [0.15, 0.2) is 42.6 Å². The van der Waals surface area contributed by atoms with Crippen molar-refractivity contribution in [1.82, 2.24) is 19.5 Å². The highest BCUT2D eigenvalue weighted by Crippen LogP contribution is 2.22. The van der Waals surface area contributed by atoms with E-state index in [9.17, 15) is 15.0 Å². The van der Waals surface area contributed by atoms with Gasteiger partial charge < -0.3 is 10.2 Å². The number of carbonyl (C=O) groups is 1. The summed E-state index contributed by atoms with van der Waals surface area (Å²) in [5.74, 6) is 0.484. The van der Waals surface area contributed by atoms with E-state index in [1.54, 1.807) is 10.7 Å². The predicted molar refractivity (Wildman–Crippen MR) is 97.7 cm³/mol. The van der Waals surface area contributed by atoms with Gasteiger partial charge in [0.25, 0.3) is 0 Å². The zero-order chi connectivity index (χ0) is 18.9. The fourth-order valence-electron chi connectivity index (χ4n) is 2.82. The Morgan fingerprint density at radius 3 is 2.65 bits per heavy atom. The largest absolute Gasteiger partial charge is 0.465 e. The molecule has 0 bridgehead atoms. The maximum atomic E-state index is 11.6. The molecule has 1 aromatic carbocycles. The van der Waals surface area contributed by atoms with Gasteiger partial charge in [-0.25, -0.2) is 14.3 Å². The van der Waals surface area contributed by atoms with Gasteiger partial charge in [0.1, 0.15) is 0 Å². The molecule has 2 N–H and O–H groups in total. The zero-order valence-electron chi connectivity index (χ0n) is 15.0. The summed E-state index contributed by atoms with van der Waals surface area (Å²) in [5.41, 5.74) is 2.42. The molecule has 136 valence electrons. The maximum Gasteiger partial charge on any atom is 0.408 e. The molecule has 3 aromatic rings. The van der Waals surface area contributed by atoms with Crippen molar-refractivity contribution in [2.24, 2.45) is 0 Å². The number of benzene rings is 1. The van der Waals surface area contributed by atoms with Crippen molar-refractivity contribution in [2.75, 3.05) is 0 Å². The fourth-order valence-corrected chi connectivity index (χ4v) is 2.82. The third kappa shape index (κ3) is 3.52. The molecule has 0 aliphatic heterocycles. The number of carboxylic acid groups (broad SMARTS) is 1. The first kappa shape index (κ1) is 17.9. The molecule has 0 atom stereocenters. The molecule has 0 saturated heterocycles. The van der Waals surface area contributed by atoms with Crippen LogP contribution in [0.25, 0.3) is 16.9 Å². The summed E-state index contributed by atoms with van der Waals surface area (Å²) < 4.78 is 1.68. The van der Waals surface area contributed by atoms with E-state index >= 15 is 0 Å². The highest BCUT2D eigenvalue weighted by Gasteiger charge is 2.26. The summed E-state index contributed by atoms with van der Waals surface area (Å²) in [4.78, 5) is 17.4. The van der Waals surface area contributed by atoms with E-state index in [4.69, 9.17) is 0 Å². The second-order valence-corrected chi connectivity index (χ2v) is 7.12. The summed E-state index contributed by atoms with van der Waals surface area (Å²) >= 11 is 0. The van der Waals surface area contributed by atoms with Crippen molar-refractivity contribution < 1.29 is 15.0 Å². The number of aromatic nitrogens is 3. The van der Waals surface area contributed by atoms with Gasteiger partial charge >= 0.3 is 6.09 Å². The highest BCUT2D eigenvalue weighted by atomic mass is 16.4. The molecule has 0 fully saturated rings. The van der Waals surface area contributed by atoms with E-state index in [2.05, 4.69) is 10.1 Å². The Hall–Kier alpha value is -2.93. The average Bonchev–Trinajstić information content (AvgIpc) is 3.06. The number of aliphatic hydroxyl groups is 1. The number of aliphatic hydroxyl groups excluding tert-OH is 1. The number of hydrogen-bond acceptors (Lipinski definition) is 4. The lowest BCUT2D eigenvalue weighted by atomic mass is 10.0. The zero-order valence-corrected chi connectivity index (χ0v) is 15.0. The molecule has 7 heteroatoms. The lowest BCUT2D eigenvalue weighted by Gasteiger charge is -2.33. The van der Waals surface area contributed by atoms with Gasteiger partial charge in [-0.2, -0.15) is 0 Å². The second-order valence-electron chi connectivity index (χ2n) is 7.12. The third-order valence-electron chi connectivity index (χ3n) is 4.18. The normalized spacial score (nSPS) is 11.7. The number of rotatable bonds is 4. The Morgan fingerprint density at radius 1 is 1.23 bits per heavy atom. The molecule has 0 radical (unpaired) electrons. The van der Waals surface area contributed by atoms with Crippen molar-refractivity contribution in [2.45, 2.75) is 39.5 Å². The third-order valence-corrected chi connectivity index (χ3v) is 4.18. The summed E-state index contributed by atoms with van der Waals surface area (Å²) in [5, 5.41) is 23.5. The minimum absolute atomic E-state index is 0.181.